The molecule has 0 aromatic heterocycles. The zero-order valence-electron chi connectivity index (χ0n) is 8.92. The lowest BCUT2D eigenvalue weighted by Gasteiger charge is -2.36. The second kappa shape index (κ2) is 3.99. The molecular weight excluding hydrogens is 176 g/mol. The van der Waals surface area contributed by atoms with Crippen molar-refractivity contribution < 1.29 is 9.90 Å². The average molecular weight is 194 g/mol. The van der Waals surface area contributed by atoms with Crippen molar-refractivity contribution in [3.05, 3.63) is 24.5 Å². The number of aliphatic hydroxyl groups excluding tert-OH is 1. The third kappa shape index (κ3) is 2.25. The van der Waals surface area contributed by atoms with Gasteiger partial charge in [-0.3, -0.25) is 4.79 Å². The first-order valence-electron chi connectivity index (χ1n) is 5.05. The largest absolute Gasteiger partial charge is 0.509 e. The van der Waals surface area contributed by atoms with Gasteiger partial charge >= 0.3 is 0 Å². The van der Waals surface area contributed by atoms with Gasteiger partial charge < -0.3 is 5.11 Å². The lowest BCUT2D eigenvalue weighted by atomic mass is 9.67. The van der Waals surface area contributed by atoms with Crippen LogP contribution in [0.15, 0.2) is 24.5 Å². The van der Waals surface area contributed by atoms with E-state index in [1.807, 2.05) is 13.0 Å². The van der Waals surface area contributed by atoms with Crippen molar-refractivity contribution in [2.75, 3.05) is 0 Å². The lowest BCUT2D eigenvalue weighted by molar-refractivity contribution is -0.127. The molecule has 1 fully saturated rings. The summed E-state index contributed by atoms with van der Waals surface area (Å²) < 4.78 is 0. The molecule has 0 bridgehead atoms. The van der Waals surface area contributed by atoms with E-state index in [1.54, 1.807) is 6.08 Å². The monoisotopic (exact) mass is 194 g/mol. The summed E-state index contributed by atoms with van der Waals surface area (Å²) >= 11 is 0. The Morgan fingerprint density at radius 3 is 2.93 bits per heavy atom. The minimum atomic E-state index is -0.110. The predicted octanol–water partition coefficient (Wildman–Crippen LogP) is 3.01. The van der Waals surface area contributed by atoms with E-state index < -0.39 is 0 Å². The number of ketones is 1. The number of rotatable bonds is 2. The SMILES string of the molecule is C=C(O)/C=C/[C@@]1(C)CCCC(=O)[C@@H]1C. The standard InChI is InChI=1S/C12H18O2/c1-9(13)6-8-12(3)7-4-5-11(14)10(12)2/h6,8,10,13H,1,4-5,7H2,2-3H3/b8-6+/t10-,12+/m0/s1. The minimum absolute atomic E-state index is 0.0480. The van der Waals surface area contributed by atoms with E-state index in [0.717, 1.165) is 12.8 Å². The van der Waals surface area contributed by atoms with Gasteiger partial charge in [0, 0.05) is 12.3 Å². The van der Waals surface area contributed by atoms with Gasteiger partial charge in [-0.05, 0) is 24.3 Å². The number of Topliss-reactive ketones (excluding diaryl/α,β-unsaturated/α-hetero) is 1. The van der Waals surface area contributed by atoms with Crippen molar-refractivity contribution in [1.82, 2.24) is 0 Å². The Morgan fingerprint density at radius 2 is 2.36 bits per heavy atom. The number of aliphatic hydroxyl groups is 1. The zero-order chi connectivity index (χ0) is 10.8. The minimum Gasteiger partial charge on any atom is -0.509 e. The lowest BCUT2D eigenvalue weighted by Crippen LogP contribution is -2.33. The molecule has 78 valence electrons. The fourth-order valence-electron chi connectivity index (χ4n) is 1.96. The second-order valence-electron chi connectivity index (χ2n) is 4.37. The van der Waals surface area contributed by atoms with Gasteiger partial charge in [-0.2, -0.15) is 0 Å². The summed E-state index contributed by atoms with van der Waals surface area (Å²) in [7, 11) is 0. The molecule has 0 amide bonds. The van der Waals surface area contributed by atoms with Crippen molar-refractivity contribution in [3.63, 3.8) is 0 Å². The van der Waals surface area contributed by atoms with Crippen molar-refractivity contribution in [2.24, 2.45) is 11.3 Å². The Bertz CT molecular complexity index is 278. The number of allylic oxidation sites excluding steroid dienone is 2. The molecule has 0 unspecified atom stereocenters. The van der Waals surface area contributed by atoms with Crippen molar-refractivity contribution >= 4 is 5.78 Å². The molecular formula is C12H18O2. The fourth-order valence-corrected chi connectivity index (χ4v) is 1.96. The van der Waals surface area contributed by atoms with Crippen LogP contribution < -0.4 is 0 Å². The van der Waals surface area contributed by atoms with E-state index in [0.29, 0.717) is 12.2 Å². The first-order valence-corrected chi connectivity index (χ1v) is 5.05. The van der Waals surface area contributed by atoms with E-state index in [-0.39, 0.29) is 17.1 Å². The van der Waals surface area contributed by atoms with Crippen LogP contribution in [-0.4, -0.2) is 10.9 Å². The van der Waals surface area contributed by atoms with Gasteiger partial charge in [0.1, 0.15) is 11.5 Å². The van der Waals surface area contributed by atoms with E-state index in [4.69, 9.17) is 5.11 Å². The summed E-state index contributed by atoms with van der Waals surface area (Å²) in [6.07, 6.45) is 6.16. The maximum Gasteiger partial charge on any atom is 0.136 e. The normalized spacial score (nSPS) is 33.6. The Kier molecular flexibility index (Phi) is 3.14. The zero-order valence-corrected chi connectivity index (χ0v) is 8.92. The highest BCUT2D eigenvalue weighted by atomic mass is 16.3. The van der Waals surface area contributed by atoms with Crippen molar-refractivity contribution in [3.8, 4) is 0 Å². The van der Waals surface area contributed by atoms with Crippen LogP contribution in [0.25, 0.3) is 0 Å². The first kappa shape index (κ1) is 11.0. The Morgan fingerprint density at radius 1 is 1.71 bits per heavy atom. The third-order valence-corrected chi connectivity index (χ3v) is 3.27. The summed E-state index contributed by atoms with van der Waals surface area (Å²) in [5, 5.41) is 8.98. The second-order valence-corrected chi connectivity index (χ2v) is 4.37. The van der Waals surface area contributed by atoms with Crippen LogP contribution >= 0.6 is 0 Å². The number of hydrogen-bond donors (Lipinski definition) is 1. The molecule has 2 nitrogen and oxygen atoms in total. The van der Waals surface area contributed by atoms with Gasteiger partial charge in [0.25, 0.3) is 0 Å². The molecule has 2 heteroatoms. The maximum absolute atomic E-state index is 11.5. The van der Waals surface area contributed by atoms with Crippen LogP contribution in [0.4, 0.5) is 0 Å². The Labute approximate surface area is 85.3 Å². The molecule has 0 heterocycles. The molecule has 14 heavy (non-hydrogen) atoms. The van der Waals surface area contributed by atoms with Crippen LogP contribution in [0.5, 0.6) is 0 Å². The van der Waals surface area contributed by atoms with Crippen molar-refractivity contribution in [2.45, 2.75) is 33.1 Å². The molecule has 2 atom stereocenters. The number of carbonyl (C=O) groups excluding carboxylic acids is 1. The molecule has 1 rings (SSSR count). The van der Waals surface area contributed by atoms with Crippen molar-refractivity contribution in [1.29, 1.82) is 0 Å². The summed E-state index contributed by atoms with van der Waals surface area (Å²) in [6, 6.07) is 0. The molecule has 1 aliphatic carbocycles. The highest BCUT2D eigenvalue weighted by Crippen LogP contribution is 2.40. The molecule has 0 radical (unpaired) electrons. The van der Waals surface area contributed by atoms with Crippen LogP contribution in [0, 0.1) is 11.3 Å². The van der Waals surface area contributed by atoms with Gasteiger partial charge in [0.05, 0.1) is 0 Å². The molecule has 0 aliphatic heterocycles. The third-order valence-electron chi connectivity index (χ3n) is 3.27. The van der Waals surface area contributed by atoms with Gasteiger partial charge in [-0.25, -0.2) is 0 Å². The first-order chi connectivity index (χ1) is 6.46. The molecule has 0 spiro atoms. The van der Waals surface area contributed by atoms with E-state index in [1.165, 1.54) is 0 Å². The molecule has 1 N–H and O–H groups in total. The van der Waals surface area contributed by atoms with Crippen LogP contribution in [0.2, 0.25) is 0 Å². The summed E-state index contributed by atoms with van der Waals surface area (Å²) in [4.78, 5) is 11.5. The quantitative estimate of drug-likeness (QED) is 0.542. The van der Waals surface area contributed by atoms with Crippen LogP contribution in [0.3, 0.4) is 0 Å². The topological polar surface area (TPSA) is 37.3 Å². The van der Waals surface area contributed by atoms with Gasteiger partial charge in [-0.1, -0.05) is 26.5 Å². The van der Waals surface area contributed by atoms with Gasteiger partial charge in [0.15, 0.2) is 0 Å². The van der Waals surface area contributed by atoms with Gasteiger partial charge in [-0.15, -0.1) is 0 Å². The average Bonchev–Trinajstić information content (AvgIpc) is 2.11. The number of hydrogen-bond acceptors (Lipinski definition) is 2. The molecule has 0 saturated heterocycles. The summed E-state index contributed by atoms with van der Waals surface area (Å²) in [5.74, 6) is 0.426. The highest BCUT2D eigenvalue weighted by molar-refractivity contribution is 5.82. The van der Waals surface area contributed by atoms with E-state index >= 15 is 0 Å². The maximum atomic E-state index is 11.5. The summed E-state index contributed by atoms with van der Waals surface area (Å²) in [6.45, 7) is 7.43. The fraction of sp³-hybridized carbons (Fsp3) is 0.583. The predicted molar refractivity (Wildman–Crippen MR) is 57.0 cm³/mol. The molecule has 0 aromatic carbocycles. The summed E-state index contributed by atoms with van der Waals surface area (Å²) in [5.41, 5.74) is -0.110. The van der Waals surface area contributed by atoms with Crippen LogP contribution in [-0.2, 0) is 4.79 Å². The molecule has 0 aromatic rings. The molecule has 1 aliphatic rings. The van der Waals surface area contributed by atoms with Crippen LogP contribution in [0.1, 0.15) is 33.1 Å². The number of carbonyl (C=O) groups is 1. The van der Waals surface area contributed by atoms with E-state index in [9.17, 15) is 4.79 Å². The smallest absolute Gasteiger partial charge is 0.136 e. The molecule has 1 saturated carbocycles. The van der Waals surface area contributed by atoms with E-state index in [2.05, 4.69) is 13.5 Å². The highest BCUT2D eigenvalue weighted by Gasteiger charge is 2.36. The Balaban J connectivity index is 2.80. The van der Waals surface area contributed by atoms with Gasteiger partial charge in [0.2, 0.25) is 0 Å². The Hall–Kier alpha value is -1.05.